The van der Waals surface area contributed by atoms with Gasteiger partial charge < -0.3 is 0 Å². The van der Waals surface area contributed by atoms with E-state index in [1.54, 1.807) is 6.92 Å². The third kappa shape index (κ3) is 0.502. The summed E-state index contributed by atoms with van der Waals surface area (Å²) in [6.07, 6.45) is 6.00. The van der Waals surface area contributed by atoms with Crippen molar-refractivity contribution in [3.8, 4) is 0 Å². The Morgan fingerprint density at radius 1 is 1.50 bits per heavy atom. The molecule has 0 spiro atoms. The SMILES string of the molecule is CC(=O)[C@@H]1[C@H]2[C@@H]3C=C[C@@H](C3)[C@]21C. The van der Waals surface area contributed by atoms with E-state index < -0.39 is 0 Å². The van der Waals surface area contributed by atoms with Crippen molar-refractivity contribution >= 4 is 5.78 Å². The molecule has 2 bridgehead atoms. The van der Waals surface area contributed by atoms with Crippen LogP contribution in [0.25, 0.3) is 0 Å². The number of allylic oxidation sites excluding steroid dienone is 2. The van der Waals surface area contributed by atoms with Crippen LogP contribution in [-0.4, -0.2) is 5.78 Å². The maximum absolute atomic E-state index is 11.3. The van der Waals surface area contributed by atoms with Crippen LogP contribution in [0.15, 0.2) is 12.2 Å². The van der Waals surface area contributed by atoms with Gasteiger partial charge in [0.15, 0.2) is 0 Å². The number of Topliss-reactive ketones (excluding diaryl/α,β-unsaturated/α-hetero) is 1. The Morgan fingerprint density at radius 2 is 2.25 bits per heavy atom. The summed E-state index contributed by atoms with van der Waals surface area (Å²) in [7, 11) is 0. The molecule has 3 rings (SSSR count). The lowest BCUT2D eigenvalue weighted by atomic mass is 9.89. The molecule has 0 saturated heterocycles. The van der Waals surface area contributed by atoms with E-state index in [1.165, 1.54) is 6.42 Å². The second-order valence-electron chi connectivity index (χ2n) is 4.87. The Kier molecular flexibility index (Phi) is 0.964. The van der Waals surface area contributed by atoms with Crippen LogP contribution in [0, 0.1) is 29.1 Å². The van der Waals surface area contributed by atoms with Crippen molar-refractivity contribution < 1.29 is 4.79 Å². The van der Waals surface area contributed by atoms with Crippen LogP contribution in [0.3, 0.4) is 0 Å². The zero-order valence-corrected chi connectivity index (χ0v) is 7.58. The summed E-state index contributed by atoms with van der Waals surface area (Å²) in [5, 5.41) is 0. The molecule has 1 heteroatoms. The number of hydrogen-bond acceptors (Lipinski definition) is 1. The van der Waals surface area contributed by atoms with Crippen LogP contribution in [0.5, 0.6) is 0 Å². The maximum Gasteiger partial charge on any atom is 0.133 e. The number of hydrogen-bond donors (Lipinski definition) is 0. The van der Waals surface area contributed by atoms with Gasteiger partial charge in [0.25, 0.3) is 0 Å². The van der Waals surface area contributed by atoms with Gasteiger partial charge in [0.1, 0.15) is 5.78 Å². The first-order chi connectivity index (χ1) is 5.65. The lowest BCUT2D eigenvalue weighted by Gasteiger charge is -2.14. The van der Waals surface area contributed by atoms with Crippen molar-refractivity contribution in [2.75, 3.05) is 0 Å². The Labute approximate surface area is 72.8 Å². The highest BCUT2D eigenvalue weighted by Crippen LogP contribution is 2.75. The van der Waals surface area contributed by atoms with Gasteiger partial charge in [-0.25, -0.2) is 0 Å². The average molecular weight is 162 g/mol. The third-order valence-corrected chi connectivity index (χ3v) is 4.45. The van der Waals surface area contributed by atoms with Crippen molar-refractivity contribution in [3.63, 3.8) is 0 Å². The lowest BCUT2D eigenvalue weighted by molar-refractivity contribution is -0.119. The first-order valence-corrected chi connectivity index (χ1v) is 4.84. The molecule has 2 fully saturated rings. The summed E-state index contributed by atoms with van der Waals surface area (Å²) in [5.41, 5.74) is 0.380. The maximum atomic E-state index is 11.3. The molecule has 0 aromatic rings. The van der Waals surface area contributed by atoms with Gasteiger partial charge in [-0.05, 0) is 36.5 Å². The Bertz CT molecular complexity index is 291. The molecule has 5 atom stereocenters. The summed E-state index contributed by atoms with van der Waals surface area (Å²) in [6.45, 7) is 4.06. The van der Waals surface area contributed by atoms with Crippen LogP contribution >= 0.6 is 0 Å². The fourth-order valence-corrected chi connectivity index (χ4v) is 3.90. The number of fused-ring (bicyclic) bond motifs is 5. The van der Waals surface area contributed by atoms with E-state index in [0.717, 1.165) is 11.8 Å². The molecule has 12 heavy (non-hydrogen) atoms. The van der Waals surface area contributed by atoms with Gasteiger partial charge in [0.05, 0.1) is 0 Å². The van der Waals surface area contributed by atoms with E-state index in [1.807, 2.05) is 0 Å². The van der Waals surface area contributed by atoms with Gasteiger partial charge in [-0.3, -0.25) is 4.79 Å². The van der Waals surface area contributed by atoms with Crippen molar-refractivity contribution in [2.24, 2.45) is 29.1 Å². The quantitative estimate of drug-likeness (QED) is 0.539. The van der Waals surface area contributed by atoms with E-state index in [9.17, 15) is 4.79 Å². The minimum Gasteiger partial charge on any atom is -0.300 e. The van der Waals surface area contributed by atoms with Gasteiger partial charge in [-0.15, -0.1) is 0 Å². The van der Waals surface area contributed by atoms with E-state index in [2.05, 4.69) is 19.1 Å². The topological polar surface area (TPSA) is 17.1 Å². The monoisotopic (exact) mass is 162 g/mol. The molecule has 1 nitrogen and oxygen atoms in total. The fourth-order valence-electron chi connectivity index (χ4n) is 3.90. The minimum atomic E-state index is 0.380. The highest BCUT2D eigenvalue weighted by Gasteiger charge is 2.73. The standard InChI is InChI=1S/C11H14O/c1-6(12)9-10-7-3-4-8(5-7)11(9,10)2/h3-4,7-10H,5H2,1-2H3/t7-,8+,9-,10-,11+/m1/s1. The Hall–Kier alpha value is -0.590. The lowest BCUT2D eigenvalue weighted by Crippen LogP contribution is -2.12. The molecule has 0 unspecified atom stereocenters. The van der Waals surface area contributed by atoms with Crippen LogP contribution in [0.1, 0.15) is 20.3 Å². The highest BCUT2D eigenvalue weighted by atomic mass is 16.1. The van der Waals surface area contributed by atoms with Gasteiger partial charge in [-0.1, -0.05) is 19.1 Å². The molecule has 2 saturated carbocycles. The first-order valence-electron chi connectivity index (χ1n) is 4.84. The fraction of sp³-hybridized carbons (Fsp3) is 0.727. The molecule has 0 N–H and O–H groups in total. The van der Waals surface area contributed by atoms with Crippen molar-refractivity contribution in [1.29, 1.82) is 0 Å². The summed E-state index contributed by atoms with van der Waals surface area (Å²) in [6, 6.07) is 0. The molecule has 64 valence electrons. The molecule has 0 aliphatic heterocycles. The second kappa shape index (κ2) is 1.68. The van der Waals surface area contributed by atoms with E-state index in [0.29, 0.717) is 23.0 Å². The third-order valence-electron chi connectivity index (χ3n) is 4.45. The zero-order valence-electron chi connectivity index (χ0n) is 7.58. The van der Waals surface area contributed by atoms with E-state index in [4.69, 9.17) is 0 Å². The molecule has 3 aliphatic carbocycles. The van der Waals surface area contributed by atoms with Crippen molar-refractivity contribution in [1.82, 2.24) is 0 Å². The number of carbonyl (C=O) groups excluding carboxylic acids is 1. The number of carbonyl (C=O) groups is 1. The number of ketones is 1. The molecule has 0 aromatic carbocycles. The zero-order chi connectivity index (χ0) is 8.51. The summed E-state index contributed by atoms with van der Waals surface area (Å²) in [5.74, 6) is 3.00. The first kappa shape index (κ1) is 6.88. The summed E-state index contributed by atoms with van der Waals surface area (Å²) < 4.78 is 0. The molecule has 0 heterocycles. The summed E-state index contributed by atoms with van der Waals surface area (Å²) >= 11 is 0. The molecular weight excluding hydrogens is 148 g/mol. The van der Waals surface area contributed by atoms with Crippen LogP contribution < -0.4 is 0 Å². The normalized spacial score (nSPS) is 58.8. The second-order valence-corrected chi connectivity index (χ2v) is 4.87. The van der Waals surface area contributed by atoms with Gasteiger partial charge in [-0.2, -0.15) is 0 Å². The highest BCUT2D eigenvalue weighted by molar-refractivity contribution is 5.84. The Morgan fingerprint density at radius 3 is 2.75 bits per heavy atom. The Balaban J connectivity index is 1.99. The van der Waals surface area contributed by atoms with E-state index >= 15 is 0 Å². The smallest absolute Gasteiger partial charge is 0.133 e. The van der Waals surface area contributed by atoms with Crippen LogP contribution in [0.4, 0.5) is 0 Å². The minimum absolute atomic E-state index is 0.380. The van der Waals surface area contributed by atoms with Crippen molar-refractivity contribution in [2.45, 2.75) is 20.3 Å². The predicted molar refractivity (Wildman–Crippen MR) is 46.5 cm³/mol. The molecule has 0 amide bonds. The average Bonchev–Trinajstić information content (AvgIpc) is 2.40. The van der Waals surface area contributed by atoms with Crippen molar-refractivity contribution in [3.05, 3.63) is 12.2 Å². The van der Waals surface area contributed by atoms with E-state index in [-0.39, 0.29) is 0 Å². The largest absolute Gasteiger partial charge is 0.300 e. The number of rotatable bonds is 1. The predicted octanol–water partition coefficient (Wildman–Crippen LogP) is 2.03. The molecule has 3 aliphatic rings. The summed E-state index contributed by atoms with van der Waals surface area (Å²) in [4.78, 5) is 11.3. The van der Waals surface area contributed by atoms with Crippen LogP contribution in [0.2, 0.25) is 0 Å². The van der Waals surface area contributed by atoms with Crippen LogP contribution in [-0.2, 0) is 4.79 Å². The van der Waals surface area contributed by atoms with Gasteiger partial charge in [0, 0.05) is 5.92 Å². The van der Waals surface area contributed by atoms with Gasteiger partial charge >= 0.3 is 0 Å². The molecule has 0 aromatic heterocycles. The molecule has 0 radical (unpaired) electrons. The van der Waals surface area contributed by atoms with Gasteiger partial charge in [0.2, 0.25) is 0 Å². The molecular formula is C11H14O.